The minimum absolute atomic E-state index is 0.0319. The van der Waals surface area contributed by atoms with Gasteiger partial charge in [0.1, 0.15) is 0 Å². The normalized spacial score (nSPS) is 12.2. The van der Waals surface area contributed by atoms with Gasteiger partial charge in [0, 0.05) is 0 Å². The average molecular weight is 209 g/mol. The maximum Gasteiger partial charge on any atom is 0.165 e. The molecule has 1 N–H and O–H groups in total. The number of hydrogen-bond acceptors (Lipinski definition) is 2. The van der Waals surface area contributed by atoms with Gasteiger partial charge in [-0.25, -0.2) is 4.39 Å². The van der Waals surface area contributed by atoms with E-state index >= 15 is 0 Å². The van der Waals surface area contributed by atoms with Gasteiger partial charge in [0.25, 0.3) is 0 Å². The van der Waals surface area contributed by atoms with E-state index in [1.165, 1.54) is 13.2 Å². The van der Waals surface area contributed by atoms with Crippen molar-refractivity contribution in [2.45, 2.75) is 13.0 Å². The summed E-state index contributed by atoms with van der Waals surface area (Å²) in [6.45, 7) is 6.58. The topological polar surface area (TPSA) is 21.3 Å². The molecule has 0 aliphatic rings. The van der Waals surface area contributed by atoms with E-state index in [1.807, 2.05) is 6.92 Å². The lowest BCUT2D eigenvalue weighted by molar-refractivity contribution is 0.385. The van der Waals surface area contributed by atoms with Crippen LogP contribution in [0.3, 0.4) is 0 Å². The Bertz CT molecular complexity index is 338. The lowest BCUT2D eigenvalue weighted by Crippen LogP contribution is -2.18. The summed E-state index contributed by atoms with van der Waals surface area (Å²) < 4.78 is 18.1. The van der Waals surface area contributed by atoms with E-state index in [0.717, 1.165) is 12.1 Å². The highest BCUT2D eigenvalue weighted by molar-refractivity contribution is 5.33. The molecule has 2 nitrogen and oxygen atoms in total. The van der Waals surface area contributed by atoms with Crippen molar-refractivity contribution in [1.82, 2.24) is 5.32 Å². The summed E-state index contributed by atoms with van der Waals surface area (Å²) in [7, 11) is 1.46. The van der Waals surface area contributed by atoms with Gasteiger partial charge in [0.15, 0.2) is 11.6 Å². The minimum atomic E-state index is -0.347. The number of nitrogens with one attached hydrogen (secondary N) is 1. The molecule has 0 aliphatic heterocycles. The van der Waals surface area contributed by atoms with Gasteiger partial charge < -0.3 is 10.1 Å². The van der Waals surface area contributed by atoms with Crippen molar-refractivity contribution in [3.05, 3.63) is 42.2 Å². The second kappa shape index (κ2) is 5.51. The molecule has 15 heavy (non-hydrogen) atoms. The Morgan fingerprint density at radius 1 is 1.60 bits per heavy atom. The van der Waals surface area contributed by atoms with Gasteiger partial charge in [-0.2, -0.15) is 0 Å². The fourth-order valence-electron chi connectivity index (χ4n) is 1.43. The van der Waals surface area contributed by atoms with Crippen LogP contribution in [0, 0.1) is 5.82 Å². The van der Waals surface area contributed by atoms with E-state index in [2.05, 4.69) is 11.9 Å². The first kappa shape index (κ1) is 11.7. The summed E-state index contributed by atoms with van der Waals surface area (Å²) in [6.07, 6.45) is 1.79. The van der Waals surface area contributed by atoms with Crippen molar-refractivity contribution >= 4 is 0 Å². The third kappa shape index (κ3) is 2.80. The lowest BCUT2D eigenvalue weighted by Gasteiger charge is -2.14. The van der Waals surface area contributed by atoms with E-state index in [-0.39, 0.29) is 17.6 Å². The Labute approximate surface area is 89.8 Å². The monoisotopic (exact) mass is 209 g/mol. The number of likely N-dealkylation sites (N-methyl/N-ethyl adjacent to an activating group) is 1. The van der Waals surface area contributed by atoms with Gasteiger partial charge in [0.2, 0.25) is 0 Å². The second-order valence-corrected chi connectivity index (χ2v) is 3.17. The van der Waals surface area contributed by atoms with Crippen LogP contribution in [0.1, 0.15) is 18.5 Å². The van der Waals surface area contributed by atoms with Crippen LogP contribution in [-0.4, -0.2) is 13.7 Å². The Hall–Kier alpha value is -1.35. The molecule has 82 valence electrons. The van der Waals surface area contributed by atoms with Crippen molar-refractivity contribution < 1.29 is 9.13 Å². The van der Waals surface area contributed by atoms with Gasteiger partial charge in [-0.15, -0.1) is 6.58 Å². The van der Waals surface area contributed by atoms with Crippen LogP contribution >= 0.6 is 0 Å². The molecule has 0 aromatic heterocycles. The molecular formula is C12H16FNO. The van der Waals surface area contributed by atoms with Crippen LogP contribution in [0.25, 0.3) is 0 Å². The molecule has 3 heteroatoms. The highest BCUT2D eigenvalue weighted by atomic mass is 19.1. The van der Waals surface area contributed by atoms with E-state index in [9.17, 15) is 4.39 Å². The fraction of sp³-hybridized carbons (Fsp3) is 0.333. The fourth-order valence-corrected chi connectivity index (χ4v) is 1.43. The number of hydrogen-bond donors (Lipinski definition) is 1. The molecule has 1 atom stereocenters. The molecule has 1 unspecified atom stereocenters. The van der Waals surface area contributed by atoms with Crippen LogP contribution in [0.15, 0.2) is 30.9 Å². The zero-order chi connectivity index (χ0) is 11.3. The number of rotatable bonds is 5. The number of benzene rings is 1. The maximum atomic E-state index is 13.2. The third-order valence-electron chi connectivity index (χ3n) is 2.19. The molecule has 0 saturated carbocycles. The quantitative estimate of drug-likeness (QED) is 0.753. The Kier molecular flexibility index (Phi) is 4.31. The third-order valence-corrected chi connectivity index (χ3v) is 2.19. The van der Waals surface area contributed by atoms with Crippen LogP contribution in [-0.2, 0) is 0 Å². The first-order valence-corrected chi connectivity index (χ1v) is 4.92. The maximum absolute atomic E-state index is 13.2. The first-order chi connectivity index (χ1) is 7.22. The lowest BCUT2D eigenvalue weighted by atomic mass is 10.1. The van der Waals surface area contributed by atoms with Gasteiger partial charge in [-0.1, -0.05) is 19.1 Å². The summed E-state index contributed by atoms with van der Waals surface area (Å²) in [5.74, 6) is -0.0854. The summed E-state index contributed by atoms with van der Waals surface area (Å²) in [5, 5.41) is 3.22. The van der Waals surface area contributed by atoms with Gasteiger partial charge in [-0.05, 0) is 24.2 Å². The molecule has 0 bridgehead atoms. The number of halogens is 1. The first-order valence-electron chi connectivity index (χ1n) is 4.92. The summed E-state index contributed by atoms with van der Waals surface area (Å²) >= 11 is 0. The summed E-state index contributed by atoms with van der Waals surface area (Å²) in [6, 6.07) is 4.85. The standard InChI is InChI=1S/C12H16FNO/c1-4-11(14-5-2)9-6-7-10(13)12(8-9)15-3/h4,6-8,11,14H,1,5H2,2-3H3. The van der Waals surface area contributed by atoms with E-state index in [0.29, 0.717) is 0 Å². The SMILES string of the molecule is C=CC(NCC)c1ccc(F)c(OC)c1. The van der Waals surface area contributed by atoms with Crippen molar-refractivity contribution in [2.24, 2.45) is 0 Å². The average Bonchev–Trinajstić information content (AvgIpc) is 2.27. The Morgan fingerprint density at radius 2 is 2.33 bits per heavy atom. The van der Waals surface area contributed by atoms with Crippen molar-refractivity contribution in [2.75, 3.05) is 13.7 Å². The van der Waals surface area contributed by atoms with Crippen molar-refractivity contribution in [3.63, 3.8) is 0 Å². The van der Waals surface area contributed by atoms with Crippen molar-refractivity contribution in [3.8, 4) is 5.75 Å². The molecular weight excluding hydrogens is 193 g/mol. The zero-order valence-electron chi connectivity index (χ0n) is 9.09. The molecule has 0 fully saturated rings. The summed E-state index contributed by atoms with van der Waals surface area (Å²) in [5.41, 5.74) is 0.949. The smallest absolute Gasteiger partial charge is 0.165 e. The molecule has 1 rings (SSSR count). The van der Waals surface area contributed by atoms with Crippen LogP contribution in [0.4, 0.5) is 4.39 Å². The number of ether oxygens (including phenoxy) is 1. The van der Waals surface area contributed by atoms with E-state index in [4.69, 9.17) is 4.74 Å². The highest BCUT2D eigenvalue weighted by Crippen LogP contribution is 2.22. The molecule has 0 heterocycles. The molecule has 0 aliphatic carbocycles. The minimum Gasteiger partial charge on any atom is -0.494 e. The molecule has 1 aromatic rings. The van der Waals surface area contributed by atoms with Gasteiger partial charge >= 0.3 is 0 Å². The van der Waals surface area contributed by atoms with Gasteiger partial charge in [0.05, 0.1) is 13.2 Å². The molecule has 0 spiro atoms. The Balaban J connectivity index is 2.97. The Morgan fingerprint density at radius 3 is 2.87 bits per heavy atom. The molecule has 0 radical (unpaired) electrons. The molecule has 0 saturated heterocycles. The van der Waals surface area contributed by atoms with Gasteiger partial charge in [-0.3, -0.25) is 0 Å². The van der Waals surface area contributed by atoms with Crippen LogP contribution < -0.4 is 10.1 Å². The van der Waals surface area contributed by atoms with E-state index < -0.39 is 0 Å². The highest BCUT2D eigenvalue weighted by Gasteiger charge is 2.09. The molecule has 1 aromatic carbocycles. The number of methoxy groups -OCH3 is 1. The molecule has 0 amide bonds. The van der Waals surface area contributed by atoms with Crippen molar-refractivity contribution in [1.29, 1.82) is 0 Å². The predicted molar refractivity (Wildman–Crippen MR) is 59.6 cm³/mol. The second-order valence-electron chi connectivity index (χ2n) is 3.17. The predicted octanol–water partition coefficient (Wildman–Crippen LogP) is 2.67. The summed E-state index contributed by atoms with van der Waals surface area (Å²) in [4.78, 5) is 0. The largest absolute Gasteiger partial charge is 0.494 e. The van der Waals surface area contributed by atoms with Crippen LogP contribution in [0.5, 0.6) is 5.75 Å². The van der Waals surface area contributed by atoms with Crippen LogP contribution in [0.2, 0.25) is 0 Å². The van der Waals surface area contributed by atoms with E-state index in [1.54, 1.807) is 18.2 Å². The zero-order valence-corrected chi connectivity index (χ0v) is 9.09.